The minimum atomic E-state index is -0.155. The molecule has 0 radical (unpaired) electrons. The summed E-state index contributed by atoms with van der Waals surface area (Å²) < 4.78 is 5.22. The first-order valence-corrected chi connectivity index (χ1v) is 4.80. The molecule has 0 aromatic rings. The van der Waals surface area contributed by atoms with Crippen molar-refractivity contribution >= 4 is 0 Å². The van der Waals surface area contributed by atoms with Gasteiger partial charge in [-0.1, -0.05) is 0 Å². The van der Waals surface area contributed by atoms with E-state index < -0.39 is 0 Å². The van der Waals surface area contributed by atoms with Gasteiger partial charge in [-0.05, 0) is 38.1 Å². The molecule has 1 heterocycles. The summed E-state index contributed by atoms with van der Waals surface area (Å²) in [6.45, 7) is 2.30. The second-order valence-corrected chi connectivity index (χ2v) is 3.45. The Balaban J connectivity index is 2.15. The third-order valence-electron chi connectivity index (χ3n) is 2.51. The van der Waals surface area contributed by atoms with Gasteiger partial charge in [-0.25, -0.2) is 0 Å². The van der Waals surface area contributed by atoms with Crippen LogP contribution in [0.5, 0.6) is 0 Å². The summed E-state index contributed by atoms with van der Waals surface area (Å²) in [6.07, 6.45) is 3.63. The van der Waals surface area contributed by atoms with Crippen molar-refractivity contribution in [3.05, 3.63) is 0 Å². The van der Waals surface area contributed by atoms with Crippen LogP contribution >= 0.6 is 0 Å². The van der Waals surface area contributed by atoms with Crippen LogP contribution in [-0.4, -0.2) is 31.0 Å². The summed E-state index contributed by atoms with van der Waals surface area (Å²) in [5, 5.41) is 9.69. The molecule has 1 unspecified atom stereocenters. The van der Waals surface area contributed by atoms with Gasteiger partial charge in [0.05, 0.1) is 6.10 Å². The standard InChI is InChI=1S/C9H19NO2/c10-5-1-2-9(11)8-3-6-12-7-4-8/h8-9,11H,1-7,10H2. The van der Waals surface area contributed by atoms with Crippen LogP contribution < -0.4 is 5.73 Å². The third kappa shape index (κ3) is 3.09. The van der Waals surface area contributed by atoms with E-state index in [1.165, 1.54) is 0 Å². The molecule has 3 nitrogen and oxygen atoms in total. The average Bonchev–Trinajstić information content (AvgIpc) is 2.15. The maximum absolute atomic E-state index is 9.69. The second kappa shape index (κ2) is 5.51. The van der Waals surface area contributed by atoms with E-state index in [1.807, 2.05) is 0 Å². The fraction of sp³-hybridized carbons (Fsp3) is 1.00. The summed E-state index contributed by atoms with van der Waals surface area (Å²) >= 11 is 0. The highest BCUT2D eigenvalue weighted by Crippen LogP contribution is 2.21. The monoisotopic (exact) mass is 173 g/mol. The number of ether oxygens (including phenoxy) is 1. The Labute approximate surface area is 73.9 Å². The quantitative estimate of drug-likeness (QED) is 0.651. The normalized spacial score (nSPS) is 22.5. The molecule has 0 amide bonds. The maximum Gasteiger partial charge on any atom is 0.0570 e. The van der Waals surface area contributed by atoms with Crippen LogP contribution in [0.4, 0.5) is 0 Å². The number of aliphatic hydroxyl groups excluding tert-OH is 1. The number of hydrogen-bond acceptors (Lipinski definition) is 3. The maximum atomic E-state index is 9.69. The SMILES string of the molecule is NCCCC(O)C1CCOCC1. The minimum absolute atomic E-state index is 0.155. The highest BCUT2D eigenvalue weighted by molar-refractivity contribution is 4.71. The van der Waals surface area contributed by atoms with E-state index in [-0.39, 0.29) is 6.10 Å². The van der Waals surface area contributed by atoms with E-state index in [4.69, 9.17) is 10.5 Å². The number of aliphatic hydroxyl groups is 1. The van der Waals surface area contributed by atoms with Crippen LogP contribution in [-0.2, 0) is 4.74 Å². The van der Waals surface area contributed by atoms with Crippen molar-refractivity contribution in [2.45, 2.75) is 31.8 Å². The fourth-order valence-corrected chi connectivity index (χ4v) is 1.66. The van der Waals surface area contributed by atoms with Gasteiger partial charge >= 0.3 is 0 Å². The van der Waals surface area contributed by atoms with Gasteiger partial charge < -0.3 is 15.6 Å². The topological polar surface area (TPSA) is 55.5 Å². The molecule has 3 heteroatoms. The lowest BCUT2D eigenvalue weighted by atomic mass is 9.91. The molecule has 1 atom stereocenters. The Morgan fingerprint density at radius 2 is 2.08 bits per heavy atom. The predicted octanol–water partition coefficient (Wildman–Crippen LogP) is 0.513. The van der Waals surface area contributed by atoms with Gasteiger partial charge in [0, 0.05) is 13.2 Å². The summed E-state index contributed by atoms with van der Waals surface area (Å²) in [5.41, 5.74) is 5.37. The van der Waals surface area contributed by atoms with E-state index in [1.54, 1.807) is 0 Å². The Morgan fingerprint density at radius 1 is 1.42 bits per heavy atom. The molecular weight excluding hydrogens is 154 g/mol. The molecule has 72 valence electrons. The number of hydrogen-bond donors (Lipinski definition) is 2. The summed E-state index contributed by atoms with van der Waals surface area (Å²) in [5.74, 6) is 0.449. The van der Waals surface area contributed by atoms with Crippen LogP contribution in [0.1, 0.15) is 25.7 Å². The van der Waals surface area contributed by atoms with Crippen molar-refractivity contribution in [1.82, 2.24) is 0 Å². The van der Waals surface area contributed by atoms with Crippen molar-refractivity contribution in [3.63, 3.8) is 0 Å². The Hall–Kier alpha value is -0.120. The van der Waals surface area contributed by atoms with E-state index >= 15 is 0 Å². The van der Waals surface area contributed by atoms with Gasteiger partial charge in [0.1, 0.15) is 0 Å². The molecule has 0 saturated carbocycles. The molecule has 1 aliphatic rings. The Kier molecular flexibility index (Phi) is 4.58. The molecule has 1 aliphatic heterocycles. The molecule has 0 spiro atoms. The zero-order chi connectivity index (χ0) is 8.81. The Morgan fingerprint density at radius 3 is 2.67 bits per heavy atom. The van der Waals surface area contributed by atoms with Gasteiger partial charge in [-0.2, -0.15) is 0 Å². The van der Waals surface area contributed by atoms with Crippen LogP contribution in [0.3, 0.4) is 0 Å². The van der Waals surface area contributed by atoms with E-state index in [9.17, 15) is 5.11 Å². The predicted molar refractivity (Wildman–Crippen MR) is 47.8 cm³/mol. The highest BCUT2D eigenvalue weighted by Gasteiger charge is 2.21. The summed E-state index contributed by atoms with van der Waals surface area (Å²) in [6, 6.07) is 0. The highest BCUT2D eigenvalue weighted by atomic mass is 16.5. The third-order valence-corrected chi connectivity index (χ3v) is 2.51. The average molecular weight is 173 g/mol. The lowest BCUT2D eigenvalue weighted by molar-refractivity contribution is 0.00456. The van der Waals surface area contributed by atoms with Crippen molar-refractivity contribution in [3.8, 4) is 0 Å². The fourth-order valence-electron chi connectivity index (χ4n) is 1.66. The van der Waals surface area contributed by atoms with E-state index in [0.29, 0.717) is 12.5 Å². The molecule has 0 bridgehead atoms. The van der Waals surface area contributed by atoms with E-state index in [2.05, 4.69) is 0 Å². The molecule has 1 fully saturated rings. The van der Waals surface area contributed by atoms with Crippen LogP contribution in [0.25, 0.3) is 0 Å². The second-order valence-electron chi connectivity index (χ2n) is 3.45. The largest absolute Gasteiger partial charge is 0.393 e. The van der Waals surface area contributed by atoms with Crippen molar-refractivity contribution in [1.29, 1.82) is 0 Å². The van der Waals surface area contributed by atoms with Crippen molar-refractivity contribution in [2.75, 3.05) is 19.8 Å². The summed E-state index contributed by atoms with van der Waals surface area (Å²) in [7, 11) is 0. The lowest BCUT2D eigenvalue weighted by Crippen LogP contribution is -2.27. The van der Waals surface area contributed by atoms with Crippen LogP contribution in [0.15, 0.2) is 0 Å². The molecule has 1 rings (SSSR count). The molecule has 0 aromatic carbocycles. The first kappa shape index (κ1) is 9.96. The van der Waals surface area contributed by atoms with Crippen LogP contribution in [0.2, 0.25) is 0 Å². The number of nitrogens with two attached hydrogens (primary N) is 1. The molecule has 1 saturated heterocycles. The first-order valence-electron chi connectivity index (χ1n) is 4.80. The minimum Gasteiger partial charge on any atom is -0.393 e. The molecule has 12 heavy (non-hydrogen) atoms. The van der Waals surface area contributed by atoms with Gasteiger partial charge in [0.15, 0.2) is 0 Å². The zero-order valence-electron chi connectivity index (χ0n) is 7.54. The van der Waals surface area contributed by atoms with Gasteiger partial charge in [-0.15, -0.1) is 0 Å². The summed E-state index contributed by atoms with van der Waals surface area (Å²) in [4.78, 5) is 0. The molecule has 3 N–H and O–H groups in total. The first-order chi connectivity index (χ1) is 5.84. The van der Waals surface area contributed by atoms with Crippen molar-refractivity contribution in [2.24, 2.45) is 11.7 Å². The molecular formula is C9H19NO2. The van der Waals surface area contributed by atoms with Gasteiger partial charge in [0.2, 0.25) is 0 Å². The lowest BCUT2D eigenvalue weighted by Gasteiger charge is -2.26. The van der Waals surface area contributed by atoms with Gasteiger partial charge in [-0.3, -0.25) is 0 Å². The molecule has 0 aliphatic carbocycles. The van der Waals surface area contributed by atoms with Crippen molar-refractivity contribution < 1.29 is 9.84 Å². The van der Waals surface area contributed by atoms with Gasteiger partial charge in [0.25, 0.3) is 0 Å². The zero-order valence-corrected chi connectivity index (χ0v) is 7.54. The van der Waals surface area contributed by atoms with E-state index in [0.717, 1.165) is 38.9 Å². The smallest absolute Gasteiger partial charge is 0.0570 e. The van der Waals surface area contributed by atoms with Crippen LogP contribution in [0, 0.1) is 5.92 Å². The molecule has 0 aromatic heterocycles. The number of rotatable bonds is 4. The Bertz CT molecular complexity index is 113.